The molecule has 2 nitrogen and oxygen atoms in total. The smallest absolute Gasteiger partial charge is 0.0688 e. The van der Waals surface area contributed by atoms with Crippen LogP contribution in [-0.4, -0.2) is 10.9 Å². The summed E-state index contributed by atoms with van der Waals surface area (Å²) in [5, 5.41) is 12.5. The van der Waals surface area contributed by atoms with E-state index >= 15 is 0 Å². The van der Waals surface area contributed by atoms with Crippen molar-refractivity contribution >= 4 is 5.71 Å². The van der Waals surface area contributed by atoms with Crippen LogP contribution < -0.4 is 0 Å². The molecule has 0 aromatic rings. The zero-order valence-corrected chi connectivity index (χ0v) is 7.93. The summed E-state index contributed by atoms with van der Waals surface area (Å²) in [5.41, 5.74) is 1.52. The summed E-state index contributed by atoms with van der Waals surface area (Å²) in [5.74, 6) is 0. The molecule has 2 aliphatic rings. The molecule has 2 aliphatic carbocycles. The van der Waals surface area contributed by atoms with E-state index in [1.807, 2.05) is 0 Å². The third-order valence-corrected chi connectivity index (χ3v) is 3.93. The zero-order chi connectivity index (χ0) is 8.82. The van der Waals surface area contributed by atoms with Gasteiger partial charge < -0.3 is 5.21 Å². The largest absolute Gasteiger partial charge is 0.411 e. The first-order valence-electron chi connectivity index (χ1n) is 4.84. The fourth-order valence-corrected chi connectivity index (χ4v) is 3.11. The fraction of sp³-hybridized carbons (Fsp3) is 0.900. The first-order valence-corrected chi connectivity index (χ1v) is 4.84. The number of nitrogens with zero attached hydrogens (tertiary/aromatic N) is 1. The van der Waals surface area contributed by atoms with E-state index in [4.69, 9.17) is 5.21 Å². The van der Waals surface area contributed by atoms with Gasteiger partial charge in [-0.15, -0.1) is 0 Å². The Morgan fingerprint density at radius 3 is 1.92 bits per heavy atom. The van der Waals surface area contributed by atoms with Gasteiger partial charge in [0.15, 0.2) is 0 Å². The van der Waals surface area contributed by atoms with Crippen LogP contribution in [0.15, 0.2) is 5.16 Å². The second-order valence-corrected chi connectivity index (χ2v) is 4.92. The Labute approximate surface area is 73.7 Å². The van der Waals surface area contributed by atoms with Gasteiger partial charge in [0.2, 0.25) is 0 Å². The molecule has 0 amide bonds. The van der Waals surface area contributed by atoms with Crippen LogP contribution in [0, 0.1) is 10.8 Å². The van der Waals surface area contributed by atoms with Crippen molar-refractivity contribution in [3.05, 3.63) is 0 Å². The summed E-state index contributed by atoms with van der Waals surface area (Å²) >= 11 is 0. The minimum absolute atomic E-state index is 0.224. The van der Waals surface area contributed by atoms with Crippen molar-refractivity contribution in [3.63, 3.8) is 0 Å². The number of hydrogen-bond acceptors (Lipinski definition) is 2. The molecule has 0 aliphatic heterocycles. The normalized spacial score (nSPS) is 50.0. The van der Waals surface area contributed by atoms with Crippen molar-refractivity contribution in [2.45, 2.75) is 46.0 Å². The maximum absolute atomic E-state index is 8.99. The van der Waals surface area contributed by atoms with E-state index in [1.165, 1.54) is 32.1 Å². The molecule has 12 heavy (non-hydrogen) atoms. The van der Waals surface area contributed by atoms with E-state index in [0.717, 1.165) is 5.71 Å². The van der Waals surface area contributed by atoms with Gasteiger partial charge in [-0.05, 0) is 25.7 Å². The minimum Gasteiger partial charge on any atom is -0.411 e. The predicted octanol–water partition coefficient (Wildman–Crippen LogP) is 2.81. The first kappa shape index (κ1) is 8.09. The van der Waals surface area contributed by atoms with Crippen molar-refractivity contribution in [2.24, 2.45) is 16.0 Å². The Morgan fingerprint density at radius 1 is 1.08 bits per heavy atom. The van der Waals surface area contributed by atoms with Crippen LogP contribution in [0.2, 0.25) is 0 Å². The van der Waals surface area contributed by atoms with Crippen LogP contribution in [0.5, 0.6) is 0 Å². The summed E-state index contributed by atoms with van der Waals surface area (Å²) < 4.78 is 0. The monoisotopic (exact) mass is 167 g/mol. The quantitative estimate of drug-likeness (QED) is 0.436. The van der Waals surface area contributed by atoms with E-state index < -0.39 is 0 Å². The molecule has 2 heteroatoms. The lowest BCUT2D eigenvalue weighted by Gasteiger charge is -2.35. The Morgan fingerprint density at radius 2 is 1.58 bits per heavy atom. The van der Waals surface area contributed by atoms with Crippen molar-refractivity contribution in [2.75, 3.05) is 0 Å². The van der Waals surface area contributed by atoms with Crippen LogP contribution in [-0.2, 0) is 0 Å². The number of fused-ring (bicyclic) bond motifs is 2. The van der Waals surface area contributed by atoms with Crippen LogP contribution in [0.4, 0.5) is 0 Å². The van der Waals surface area contributed by atoms with E-state index in [1.54, 1.807) is 0 Å². The van der Waals surface area contributed by atoms with E-state index in [9.17, 15) is 0 Å². The highest BCUT2D eigenvalue weighted by atomic mass is 16.4. The molecule has 0 aromatic carbocycles. The highest BCUT2D eigenvalue weighted by molar-refractivity contribution is 5.96. The third-order valence-electron chi connectivity index (χ3n) is 3.93. The topological polar surface area (TPSA) is 32.6 Å². The highest BCUT2D eigenvalue weighted by Crippen LogP contribution is 2.55. The van der Waals surface area contributed by atoms with Crippen LogP contribution in [0.1, 0.15) is 46.0 Å². The highest BCUT2D eigenvalue weighted by Gasteiger charge is 2.52. The van der Waals surface area contributed by atoms with Crippen LogP contribution in [0.3, 0.4) is 0 Å². The number of hydrogen-bond donors (Lipinski definition) is 1. The Kier molecular flexibility index (Phi) is 1.51. The van der Waals surface area contributed by atoms with Crippen molar-refractivity contribution < 1.29 is 5.21 Å². The zero-order valence-electron chi connectivity index (χ0n) is 7.93. The maximum Gasteiger partial charge on any atom is 0.0688 e. The summed E-state index contributed by atoms with van der Waals surface area (Å²) in [7, 11) is 0. The average molecular weight is 167 g/mol. The van der Waals surface area contributed by atoms with Gasteiger partial charge in [-0.3, -0.25) is 0 Å². The molecule has 2 saturated carbocycles. The van der Waals surface area contributed by atoms with Gasteiger partial charge in [-0.2, -0.15) is 0 Å². The van der Waals surface area contributed by atoms with Crippen LogP contribution >= 0.6 is 0 Å². The SMILES string of the molecule is C[C@]12CCC[C@](C)(CC1)C2=NO. The molecule has 68 valence electrons. The predicted molar refractivity (Wildman–Crippen MR) is 48.5 cm³/mol. The molecule has 2 fully saturated rings. The Balaban J connectivity index is 2.42. The second-order valence-electron chi connectivity index (χ2n) is 4.92. The molecular weight excluding hydrogens is 150 g/mol. The van der Waals surface area contributed by atoms with Gasteiger partial charge in [0, 0.05) is 10.8 Å². The third kappa shape index (κ3) is 0.838. The lowest BCUT2D eigenvalue weighted by molar-refractivity contribution is 0.280. The van der Waals surface area contributed by atoms with Crippen molar-refractivity contribution in [1.29, 1.82) is 0 Å². The standard InChI is InChI=1S/C10H17NO/c1-9-4-3-5-10(2,7-6-9)8(9)11-12/h12H,3-7H2,1-2H3/t9-,10+. The van der Waals surface area contributed by atoms with Gasteiger partial charge in [0.1, 0.15) is 0 Å². The van der Waals surface area contributed by atoms with Gasteiger partial charge in [-0.25, -0.2) is 0 Å². The molecule has 0 radical (unpaired) electrons. The molecule has 2 rings (SSSR count). The van der Waals surface area contributed by atoms with Gasteiger partial charge >= 0.3 is 0 Å². The van der Waals surface area contributed by atoms with E-state index in [2.05, 4.69) is 19.0 Å². The van der Waals surface area contributed by atoms with Gasteiger partial charge in [-0.1, -0.05) is 25.4 Å². The van der Waals surface area contributed by atoms with Crippen molar-refractivity contribution in [3.8, 4) is 0 Å². The van der Waals surface area contributed by atoms with Gasteiger partial charge in [0.05, 0.1) is 5.71 Å². The lowest BCUT2D eigenvalue weighted by Crippen LogP contribution is -2.36. The summed E-state index contributed by atoms with van der Waals surface area (Å²) in [6, 6.07) is 0. The summed E-state index contributed by atoms with van der Waals surface area (Å²) in [6.07, 6.45) is 6.14. The van der Waals surface area contributed by atoms with Crippen molar-refractivity contribution in [1.82, 2.24) is 0 Å². The minimum atomic E-state index is 0.224. The van der Waals surface area contributed by atoms with E-state index in [-0.39, 0.29) is 10.8 Å². The molecule has 0 aromatic heterocycles. The summed E-state index contributed by atoms with van der Waals surface area (Å²) in [6.45, 7) is 4.49. The second kappa shape index (κ2) is 2.24. The Hall–Kier alpha value is -0.530. The van der Waals surface area contributed by atoms with E-state index in [0.29, 0.717) is 0 Å². The molecule has 1 N–H and O–H groups in total. The van der Waals surface area contributed by atoms with Gasteiger partial charge in [0.25, 0.3) is 0 Å². The Bertz CT molecular complexity index is 216. The molecular formula is C10H17NO. The molecule has 0 saturated heterocycles. The molecule has 0 heterocycles. The fourth-order valence-electron chi connectivity index (χ4n) is 3.11. The first-order chi connectivity index (χ1) is 5.61. The maximum atomic E-state index is 8.99. The number of oxime groups is 1. The number of rotatable bonds is 0. The molecule has 0 unspecified atom stereocenters. The molecule has 2 bridgehead atoms. The lowest BCUT2D eigenvalue weighted by atomic mass is 9.69. The average Bonchev–Trinajstić information content (AvgIpc) is 2.14. The molecule has 0 spiro atoms. The summed E-state index contributed by atoms with van der Waals surface area (Å²) in [4.78, 5) is 0. The molecule has 2 atom stereocenters. The van der Waals surface area contributed by atoms with Crippen LogP contribution in [0.25, 0.3) is 0 Å².